The third kappa shape index (κ3) is 4.80. The van der Waals surface area contributed by atoms with Crippen LogP contribution in [0.4, 0.5) is 0 Å². The maximum absolute atomic E-state index is 11.1. The molecule has 1 fully saturated rings. The average Bonchev–Trinajstić information content (AvgIpc) is 2.78. The second kappa shape index (κ2) is 7.33. The highest BCUT2D eigenvalue weighted by Gasteiger charge is 2.45. The van der Waals surface area contributed by atoms with Gasteiger partial charge in [0.15, 0.2) is 0 Å². The molecular formula is C20H32O5. The first-order chi connectivity index (χ1) is 11.5. The van der Waals surface area contributed by atoms with Crippen LogP contribution in [0.2, 0.25) is 0 Å². The molecule has 1 aliphatic carbocycles. The molecule has 5 heteroatoms. The molecule has 25 heavy (non-hydrogen) atoms. The number of aliphatic hydroxyl groups is 4. The summed E-state index contributed by atoms with van der Waals surface area (Å²) in [5.74, 6) is 0. The maximum atomic E-state index is 11.1. The van der Waals surface area contributed by atoms with Gasteiger partial charge in [0.05, 0.1) is 23.9 Å². The molecule has 142 valence electrons. The lowest BCUT2D eigenvalue weighted by atomic mass is 9.81. The van der Waals surface area contributed by atoms with Crippen molar-refractivity contribution in [3.8, 4) is 0 Å². The molecule has 0 saturated carbocycles. The summed E-state index contributed by atoms with van der Waals surface area (Å²) in [7, 11) is 0. The summed E-state index contributed by atoms with van der Waals surface area (Å²) in [5, 5.41) is 42.4. The molecule has 0 spiro atoms. The topological polar surface area (TPSA) is 90.2 Å². The monoisotopic (exact) mass is 352 g/mol. The predicted molar refractivity (Wildman–Crippen MR) is 97.1 cm³/mol. The number of fused-ring (bicyclic) bond motifs is 1. The standard InChI is InChI=1S/C20H32O5/c1-14-6-7-16(21)19(4,23)9-5-8-18(3,22)10-11-20(24)15(2)13-25-17(20)12-14/h5,8,12,16-17,21-24H,2,6-7,9-11,13H2,1,3-4H3/b8-5+,14-12+/t16-,17+,18+,19+,20-/m1/s1. The van der Waals surface area contributed by atoms with E-state index in [1.807, 2.05) is 13.0 Å². The summed E-state index contributed by atoms with van der Waals surface area (Å²) < 4.78 is 5.70. The lowest BCUT2D eigenvalue weighted by Crippen LogP contribution is -2.41. The number of ether oxygens (including phenoxy) is 1. The predicted octanol–water partition coefficient (Wildman–Crippen LogP) is 2.00. The van der Waals surface area contributed by atoms with Crippen molar-refractivity contribution in [3.05, 3.63) is 36.0 Å². The zero-order valence-corrected chi connectivity index (χ0v) is 15.5. The minimum absolute atomic E-state index is 0.246. The van der Waals surface area contributed by atoms with Gasteiger partial charge in [-0.2, -0.15) is 0 Å². The summed E-state index contributed by atoms with van der Waals surface area (Å²) in [4.78, 5) is 0. The van der Waals surface area contributed by atoms with Gasteiger partial charge < -0.3 is 25.2 Å². The largest absolute Gasteiger partial charge is 0.390 e. The zero-order valence-electron chi connectivity index (χ0n) is 15.5. The zero-order chi connectivity index (χ0) is 18.9. The van der Waals surface area contributed by atoms with E-state index in [9.17, 15) is 20.4 Å². The van der Waals surface area contributed by atoms with E-state index in [-0.39, 0.29) is 6.42 Å². The normalized spacial score (nSPS) is 47.5. The molecule has 4 N–H and O–H groups in total. The van der Waals surface area contributed by atoms with Crippen LogP contribution in [0.5, 0.6) is 0 Å². The maximum Gasteiger partial charge on any atom is 0.117 e. The van der Waals surface area contributed by atoms with Crippen molar-refractivity contribution < 1.29 is 25.2 Å². The van der Waals surface area contributed by atoms with E-state index in [0.29, 0.717) is 37.9 Å². The van der Waals surface area contributed by atoms with Crippen LogP contribution in [-0.4, -0.2) is 56.0 Å². The Bertz CT molecular complexity index is 560. The van der Waals surface area contributed by atoms with Crippen molar-refractivity contribution >= 4 is 0 Å². The number of rotatable bonds is 0. The van der Waals surface area contributed by atoms with Gasteiger partial charge in [0, 0.05) is 0 Å². The Hall–Kier alpha value is -0.980. The molecule has 0 aromatic carbocycles. The highest BCUT2D eigenvalue weighted by Crippen LogP contribution is 2.37. The first-order valence-corrected chi connectivity index (χ1v) is 8.96. The fourth-order valence-electron chi connectivity index (χ4n) is 3.39. The molecule has 2 rings (SSSR count). The van der Waals surface area contributed by atoms with Crippen molar-refractivity contribution in [2.75, 3.05) is 6.61 Å². The van der Waals surface area contributed by atoms with Crippen molar-refractivity contribution in [2.24, 2.45) is 0 Å². The van der Waals surface area contributed by atoms with Gasteiger partial charge in [0.25, 0.3) is 0 Å². The minimum Gasteiger partial charge on any atom is -0.390 e. The Labute approximate surface area is 150 Å². The molecule has 5 nitrogen and oxygen atoms in total. The van der Waals surface area contributed by atoms with E-state index in [2.05, 4.69) is 6.58 Å². The van der Waals surface area contributed by atoms with Gasteiger partial charge in [0.1, 0.15) is 11.7 Å². The van der Waals surface area contributed by atoms with E-state index in [1.54, 1.807) is 26.0 Å². The minimum atomic E-state index is -1.25. The van der Waals surface area contributed by atoms with Gasteiger partial charge in [-0.1, -0.05) is 30.4 Å². The van der Waals surface area contributed by atoms with Crippen LogP contribution in [0, 0.1) is 0 Å². The lowest BCUT2D eigenvalue weighted by molar-refractivity contribution is -0.0628. The first kappa shape index (κ1) is 20.3. The van der Waals surface area contributed by atoms with Gasteiger partial charge in [-0.3, -0.25) is 0 Å². The van der Waals surface area contributed by atoms with Gasteiger partial charge in [-0.15, -0.1) is 0 Å². The van der Waals surface area contributed by atoms with E-state index >= 15 is 0 Å². The molecule has 0 aromatic rings. The Morgan fingerprint density at radius 1 is 1.20 bits per heavy atom. The van der Waals surface area contributed by atoms with Crippen molar-refractivity contribution in [3.63, 3.8) is 0 Å². The van der Waals surface area contributed by atoms with Crippen LogP contribution in [0.15, 0.2) is 36.0 Å². The number of allylic oxidation sites excluding steroid dienone is 1. The summed E-state index contributed by atoms with van der Waals surface area (Å²) in [5.41, 5.74) is -1.99. The van der Waals surface area contributed by atoms with E-state index in [4.69, 9.17) is 4.74 Å². The van der Waals surface area contributed by atoms with Crippen LogP contribution < -0.4 is 0 Å². The average molecular weight is 352 g/mol. The van der Waals surface area contributed by atoms with Gasteiger partial charge in [-0.05, 0) is 58.4 Å². The second-order valence-corrected chi connectivity index (χ2v) is 8.15. The van der Waals surface area contributed by atoms with Gasteiger partial charge in [-0.25, -0.2) is 0 Å². The summed E-state index contributed by atoms with van der Waals surface area (Å²) in [6.07, 6.45) is 5.70. The third-order valence-electron chi connectivity index (χ3n) is 5.51. The molecule has 5 atom stereocenters. The number of aliphatic hydroxyl groups excluding tert-OH is 1. The first-order valence-electron chi connectivity index (χ1n) is 8.96. The van der Waals surface area contributed by atoms with Gasteiger partial charge >= 0.3 is 0 Å². The van der Waals surface area contributed by atoms with Crippen LogP contribution in [-0.2, 0) is 4.74 Å². The van der Waals surface area contributed by atoms with Crippen LogP contribution in [0.1, 0.15) is 52.9 Å². The highest BCUT2D eigenvalue weighted by molar-refractivity contribution is 5.26. The van der Waals surface area contributed by atoms with E-state index in [0.717, 1.165) is 5.57 Å². The SMILES string of the molecule is C=C1CO[C@H]2/C=C(\C)CC[C@@H](O)[C@@](C)(O)C/C=C/[C@](C)(O)CC[C@@]12O. The van der Waals surface area contributed by atoms with Crippen LogP contribution in [0.25, 0.3) is 0 Å². The summed E-state index contributed by atoms with van der Waals surface area (Å²) in [6, 6.07) is 0. The van der Waals surface area contributed by atoms with Gasteiger partial charge in [0.2, 0.25) is 0 Å². The Balaban J connectivity index is 2.31. The van der Waals surface area contributed by atoms with Crippen molar-refractivity contribution in [1.29, 1.82) is 0 Å². The smallest absolute Gasteiger partial charge is 0.117 e. The molecule has 1 heterocycles. The Kier molecular flexibility index (Phi) is 5.96. The molecule has 0 aromatic heterocycles. The third-order valence-corrected chi connectivity index (χ3v) is 5.51. The number of hydrogen-bond acceptors (Lipinski definition) is 5. The molecule has 0 amide bonds. The number of hydrogen-bond donors (Lipinski definition) is 4. The molecule has 1 aliphatic heterocycles. The van der Waals surface area contributed by atoms with Crippen LogP contribution >= 0.6 is 0 Å². The van der Waals surface area contributed by atoms with Crippen molar-refractivity contribution in [1.82, 2.24) is 0 Å². The molecule has 0 bridgehead atoms. The highest BCUT2D eigenvalue weighted by atomic mass is 16.5. The molecule has 0 radical (unpaired) electrons. The molecule has 2 aliphatic rings. The Morgan fingerprint density at radius 3 is 2.56 bits per heavy atom. The molecule has 1 saturated heterocycles. The second-order valence-electron chi connectivity index (χ2n) is 8.15. The van der Waals surface area contributed by atoms with Crippen molar-refractivity contribution in [2.45, 2.75) is 81.9 Å². The van der Waals surface area contributed by atoms with E-state index in [1.165, 1.54) is 0 Å². The summed E-state index contributed by atoms with van der Waals surface area (Å²) >= 11 is 0. The fourth-order valence-corrected chi connectivity index (χ4v) is 3.39. The molecular weight excluding hydrogens is 320 g/mol. The molecule has 0 unspecified atom stereocenters. The van der Waals surface area contributed by atoms with E-state index < -0.39 is 29.0 Å². The summed E-state index contributed by atoms with van der Waals surface area (Å²) in [6.45, 7) is 9.42. The lowest BCUT2D eigenvalue weighted by Gasteiger charge is -2.32. The Morgan fingerprint density at radius 2 is 1.88 bits per heavy atom. The quantitative estimate of drug-likeness (QED) is 0.501. The van der Waals surface area contributed by atoms with Crippen LogP contribution in [0.3, 0.4) is 0 Å². The fraction of sp³-hybridized carbons (Fsp3) is 0.700.